The summed E-state index contributed by atoms with van der Waals surface area (Å²) in [5.41, 5.74) is 0.362. The average Bonchev–Trinajstić information content (AvgIpc) is 2.45. The monoisotopic (exact) mass is 439 g/mol. The first-order chi connectivity index (χ1) is 10.0. The Hall–Kier alpha value is -0.500. The van der Waals surface area contributed by atoms with Crippen molar-refractivity contribution in [2.45, 2.75) is 26.2 Å². The summed E-state index contributed by atoms with van der Waals surface area (Å²) < 4.78 is 13.9. The van der Waals surface area contributed by atoms with Gasteiger partial charge in [-0.15, -0.1) is 24.0 Å². The van der Waals surface area contributed by atoms with Gasteiger partial charge >= 0.3 is 0 Å². The van der Waals surface area contributed by atoms with Gasteiger partial charge in [-0.1, -0.05) is 32.0 Å². The van der Waals surface area contributed by atoms with E-state index in [9.17, 15) is 4.39 Å². The topological polar surface area (TPSA) is 36.4 Å². The molecule has 0 bridgehead atoms. The van der Waals surface area contributed by atoms with Crippen LogP contribution in [0.5, 0.6) is 0 Å². The summed E-state index contributed by atoms with van der Waals surface area (Å²) in [6.07, 6.45) is 2.08. The van der Waals surface area contributed by atoms with Gasteiger partial charge in [-0.2, -0.15) is 11.8 Å². The summed E-state index contributed by atoms with van der Waals surface area (Å²) in [5, 5.41) is 6.50. The van der Waals surface area contributed by atoms with Crippen molar-refractivity contribution in [3.63, 3.8) is 0 Å². The Morgan fingerprint density at radius 1 is 1.27 bits per heavy atom. The van der Waals surface area contributed by atoms with Crippen LogP contribution in [0.25, 0.3) is 0 Å². The molecule has 0 aliphatic carbocycles. The fraction of sp³-hybridized carbons (Fsp3) is 0.562. The molecule has 0 aliphatic heterocycles. The van der Waals surface area contributed by atoms with Crippen molar-refractivity contribution in [3.05, 3.63) is 35.6 Å². The van der Waals surface area contributed by atoms with Crippen LogP contribution in [-0.2, 0) is 5.41 Å². The minimum Gasteiger partial charge on any atom is -0.357 e. The average molecular weight is 439 g/mol. The summed E-state index contributed by atoms with van der Waals surface area (Å²) in [7, 11) is 0. The van der Waals surface area contributed by atoms with Crippen LogP contribution >= 0.6 is 35.7 Å². The van der Waals surface area contributed by atoms with Crippen LogP contribution in [0, 0.1) is 5.82 Å². The Kier molecular flexibility index (Phi) is 10.8. The number of nitrogens with one attached hydrogen (secondary N) is 2. The number of hydrogen-bond acceptors (Lipinski definition) is 2. The molecule has 6 heteroatoms. The molecule has 0 radical (unpaired) electrons. The lowest BCUT2D eigenvalue weighted by molar-refractivity contribution is 0.492. The van der Waals surface area contributed by atoms with Crippen LogP contribution in [0.2, 0.25) is 0 Å². The van der Waals surface area contributed by atoms with E-state index in [0.29, 0.717) is 12.1 Å². The fourth-order valence-electron chi connectivity index (χ4n) is 1.99. The van der Waals surface area contributed by atoms with Gasteiger partial charge in [-0.3, -0.25) is 4.99 Å². The smallest absolute Gasteiger partial charge is 0.191 e. The van der Waals surface area contributed by atoms with Gasteiger partial charge in [0.05, 0.1) is 6.54 Å². The molecule has 0 atom stereocenters. The number of rotatable bonds is 7. The van der Waals surface area contributed by atoms with Crippen LogP contribution < -0.4 is 10.6 Å². The molecule has 1 aromatic rings. The normalized spacial score (nSPS) is 11.8. The van der Waals surface area contributed by atoms with Crippen molar-refractivity contribution in [1.82, 2.24) is 10.6 Å². The summed E-state index contributed by atoms with van der Waals surface area (Å²) >= 11 is 1.79. The van der Waals surface area contributed by atoms with Crippen LogP contribution in [0.4, 0.5) is 4.39 Å². The molecular weight excluding hydrogens is 412 g/mol. The maximum absolute atomic E-state index is 13.9. The molecule has 2 N–H and O–H groups in total. The number of aliphatic imine (C=N–C) groups is 1. The number of nitrogens with zero attached hydrogens (tertiary/aromatic N) is 1. The molecule has 1 rings (SSSR count). The molecule has 1 aromatic carbocycles. The molecular formula is C16H27FIN3S. The van der Waals surface area contributed by atoms with Crippen molar-refractivity contribution in [1.29, 1.82) is 0 Å². The molecule has 0 heterocycles. The molecule has 3 nitrogen and oxygen atoms in total. The molecule has 22 heavy (non-hydrogen) atoms. The molecule has 0 unspecified atom stereocenters. The number of thioether (sulfide) groups is 1. The maximum Gasteiger partial charge on any atom is 0.191 e. The Balaban J connectivity index is 0.00000441. The largest absolute Gasteiger partial charge is 0.357 e. The van der Waals surface area contributed by atoms with Crippen molar-refractivity contribution < 1.29 is 4.39 Å². The summed E-state index contributed by atoms with van der Waals surface area (Å²) in [4.78, 5) is 4.59. The zero-order chi connectivity index (χ0) is 15.7. The number of guanidine groups is 1. The zero-order valence-corrected chi connectivity index (χ0v) is 16.9. The van der Waals surface area contributed by atoms with E-state index in [0.717, 1.165) is 24.8 Å². The van der Waals surface area contributed by atoms with Crippen molar-refractivity contribution in [2.24, 2.45) is 4.99 Å². The van der Waals surface area contributed by atoms with Gasteiger partial charge in [0.2, 0.25) is 0 Å². The first kappa shape index (κ1) is 21.5. The highest BCUT2D eigenvalue weighted by Gasteiger charge is 2.23. The predicted molar refractivity (Wildman–Crippen MR) is 107 cm³/mol. The standard InChI is InChI=1S/C16H26FN3S.HI/c1-5-18-15(19-10-11-21-4)20-12-16(2,3)13-8-6-7-9-14(13)17;/h6-9H,5,10-12H2,1-4H3,(H2,18,19,20);1H. The highest BCUT2D eigenvalue weighted by atomic mass is 127. The van der Waals surface area contributed by atoms with Gasteiger partial charge in [-0.05, 0) is 24.8 Å². The second kappa shape index (κ2) is 11.1. The van der Waals surface area contributed by atoms with E-state index in [2.05, 4.69) is 21.9 Å². The lowest BCUT2D eigenvalue weighted by Gasteiger charge is -2.24. The quantitative estimate of drug-likeness (QED) is 0.295. The maximum atomic E-state index is 13.9. The Morgan fingerprint density at radius 2 is 1.95 bits per heavy atom. The first-order valence-corrected chi connectivity index (χ1v) is 8.66. The second-order valence-electron chi connectivity index (χ2n) is 5.48. The molecule has 0 amide bonds. The summed E-state index contributed by atoms with van der Waals surface area (Å²) in [6.45, 7) is 8.27. The minimum absolute atomic E-state index is 0. The highest BCUT2D eigenvalue weighted by Crippen LogP contribution is 2.25. The Morgan fingerprint density at radius 3 is 2.55 bits per heavy atom. The molecule has 0 fully saturated rings. The third kappa shape index (κ3) is 7.17. The van der Waals surface area contributed by atoms with Crippen LogP contribution in [0.3, 0.4) is 0 Å². The lowest BCUT2D eigenvalue weighted by atomic mass is 9.84. The van der Waals surface area contributed by atoms with Crippen LogP contribution in [0.15, 0.2) is 29.3 Å². The van der Waals surface area contributed by atoms with Gasteiger partial charge in [0.1, 0.15) is 5.82 Å². The third-order valence-corrected chi connectivity index (χ3v) is 3.79. The molecule has 0 aromatic heterocycles. The second-order valence-corrected chi connectivity index (χ2v) is 6.46. The fourth-order valence-corrected chi connectivity index (χ4v) is 2.29. The van der Waals surface area contributed by atoms with Crippen LogP contribution in [0.1, 0.15) is 26.3 Å². The summed E-state index contributed by atoms with van der Waals surface area (Å²) in [5.74, 6) is 1.65. The van der Waals surface area contributed by atoms with Crippen molar-refractivity contribution in [3.8, 4) is 0 Å². The molecule has 126 valence electrons. The highest BCUT2D eigenvalue weighted by molar-refractivity contribution is 14.0. The van der Waals surface area contributed by atoms with Gasteiger partial charge in [0.15, 0.2) is 5.96 Å². The van der Waals surface area contributed by atoms with E-state index >= 15 is 0 Å². The molecule has 0 saturated carbocycles. The van der Waals surface area contributed by atoms with Crippen LogP contribution in [-0.4, -0.2) is 37.6 Å². The van der Waals surface area contributed by atoms with Gasteiger partial charge < -0.3 is 10.6 Å². The minimum atomic E-state index is -0.340. The number of halogens is 2. The van der Waals surface area contributed by atoms with E-state index in [4.69, 9.17) is 0 Å². The predicted octanol–water partition coefficient (Wildman–Crippen LogP) is 3.64. The number of hydrogen-bond donors (Lipinski definition) is 2. The van der Waals surface area contributed by atoms with E-state index in [-0.39, 0.29) is 35.2 Å². The van der Waals surface area contributed by atoms with E-state index < -0.39 is 0 Å². The zero-order valence-electron chi connectivity index (χ0n) is 13.8. The Bertz CT molecular complexity index is 466. The van der Waals surface area contributed by atoms with Gasteiger partial charge in [-0.25, -0.2) is 4.39 Å². The third-order valence-electron chi connectivity index (χ3n) is 3.18. The number of benzene rings is 1. The first-order valence-electron chi connectivity index (χ1n) is 7.27. The van der Waals surface area contributed by atoms with Gasteiger partial charge in [0, 0.05) is 24.3 Å². The lowest BCUT2D eigenvalue weighted by Crippen LogP contribution is -2.39. The Labute approximate surface area is 155 Å². The molecule has 0 spiro atoms. The van der Waals surface area contributed by atoms with Gasteiger partial charge in [0.25, 0.3) is 0 Å². The SMILES string of the molecule is CCNC(=NCC(C)(C)c1ccccc1F)NCCSC.I. The summed E-state index contributed by atoms with van der Waals surface area (Å²) in [6, 6.07) is 6.92. The molecule has 0 aliphatic rings. The molecule has 0 saturated heterocycles. The van der Waals surface area contributed by atoms with E-state index in [1.54, 1.807) is 17.8 Å². The van der Waals surface area contributed by atoms with Crippen molar-refractivity contribution >= 4 is 41.7 Å². The van der Waals surface area contributed by atoms with E-state index in [1.807, 2.05) is 32.9 Å². The van der Waals surface area contributed by atoms with E-state index in [1.165, 1.54) is 6.07 Å². The van der Waals surface area contributed by atoms with Crippen molar-refractivity contribution in [2.75, 3.05) is 31.6 Å².